The van der Waals surface area contributed by atoms with Gasteiger partial charge in [0.05, 0.1) is 20.8 Å². The van der Waals surface area contributed by atoms with Crippen molar-refractivity contribution in [2.24, 2.45) is 0 Å². The van der Waals surface area contributed by atoms with E-state index in [0.717, 1.165) is 5.56 Å². The van der Waals surface area contributed by atoms with Gasteiger partial charge in [-0.05, 0) is 71.2 Å². The fourth-order valence-corrected chi connectivity index (χ4v) is 3.42. The number of alkyl carbamates (subject to hydrolysis) is 1. The predicted molar refractivity (Wildman–Crippen MR) is 117 cm³/mol. The van der Waals surface area contributed by atoms with Crippen LogP contribution in [0.25, 0.3) is 0 Å². The van der Waals surface area contributed by atoms with Crippen molar-refractivity contribution in [1.29, 1.82) is 0 Å². The molecule has 9 nitrogen and oxygen atoms in total. The predicted octanol–water partition coefficient (Wildman–Crippen LogP) is 3.53. The lowest BCUT2D eigenvalue weighted by Crippen LogP contribution is -2.34. The molecule has 32 heavy (non-hydrogen) atoms. The van der Waals surface area contributed by atoms with Crippen LogP contribution in [0.2, 0.25) is 0 Å². The van der Waals surface area contributed by atoms with E-state index in [4.69, 9.17) is 28.4 Å². The molecule has 0 spiro atoms. The van der Waals surface area contributed by atoms with Crippen LogP contribution in [0.4, 0.5) is 4.79 Å². The Balaban J connectivity index is 2.35. The zero-order valence-electron chi connectivity index (χ0n) is 20.2. The molecule has 0 saturated carbocycles. The van der Waals surface area contributed by atoms with Crippen molar-refractivity contribution in [2.45, 2.75) is 71.6 Å². The van der Waals surface area contributed by atoms with Gasteiger partial charge in [0.1, 0.15) is 11.7 Å². The molecule has 1 aromatic carbocycles. The number of carbonyl (C=O) groups excluding carboxylic acids is 2. The molecular weight excluding hydrogens is 418 g/mol. The summed E-state index contributed by atoms with van der Waals surface area (Å²) in [7, 11) is 3.07. The molecule has 1 aromatic rings. The first kappa shape index (κ1) is 25.7. The largest absolute Gasteiger partial charge is 0.493 e. The summed E-state index contributed by atoms with van der Waals surface area (Å²) in [6, 6.07) is 3.57. The van der Waals surface area contributed by atoms with Crippen LogP contribution < -0.4 is 14.8 Å². The summed E-state index contributed by atoms with van der Waals surface area (Å²) in [4.78, 5) is 24.6. The summed E-state index contributed by atoms with van der Waals surface area (Å²) in [5.41, 5.74) is 0.906. The van der Waals surface area contributed by atoms with Crippen molar-refractivity contribution in [1.82, 2.24) is 5.32 Å². The monoisotopic (exact) mass is 453 g/mol. The van der Waals surface area contributed by atoms with E-state index in [1.165, 1.54) is 7.11 Å². The standard InChI is InChI=1S/C23H35NO8/c1-9-29-20(25)19-18(30-23(5,6)31-19)15-13-17(28-8)16(27-7)12-14(15)10-11-24-21(26)32-22(2,3)4/h12-13,18-19H,9-11H2,1-8H3,(H,24,26)/t18-,19+/m0/s1. The van der Waals surface area contributed by atoms with Crippen molar-refractivity contribution >= 4 is 12.1 Å². The maximum Gasteiger partial charge on any atom is 0.407 e. The first-order valence-electron chi connectivity index (χ1n) is 10.6. The van der Waals surface area contributed by atoms with E-state index in [-0.39, 0.29) is 6.61 Å². The van der Waals surface area contributed by atoms with Gasteiger partial charge in [-0.1, -0.05) is 0 Å². The summed E-state index contributed by atoms with van der Waals surface area (Å²) >= 11 is 0. The number of hydrogen-bond donors (Lipinski definition) is 1. The quantitative estimate of drug-likeness (QED) is 0.597. The minimum atomic E-state index is -0.985. The van der Waals surface area contributed by atoms with Crippen LogP contribution in [0.15, 0.2) is 12.1 Å². The molecule has 180 valence electrons. The lowest BCUT2D eigenvalue weighted by molar-refractivity contribution is -0.170. The second kappa shape index (κ2) is 10.4. The van der Waals surface area contributed by atoms with E-state index in [9.17, 15) is 9.59 Å². The molecule has 1 N–H and O–H groups in total. The van der Waals surface area contributed by atoms with Crippen LogP contribution in [0, 0.1) is 0 Å². The molecule has 0 bridgehead atoms. The summed E-state index contributed by atoms with van der Waals surface area (Å²) in [5, 5.41) is 2.75. The Morgan fingerprint density at radius 1 is 1.09 bits per heavy atom. The fraction of sp³-hybridized carbons (Fsp3) is 0.652. The summed E-state index contributed by atoms with van der Waals surface area (Å²) < 4.78 is 33.3. The van der Waals surface area contributed by atoms with E-state index in [2.05, 4.69) is 5.32 Å². The highest BCUT2D eigenvalue weighted by molar-refractivity contribution is 5.76. The molecular formula is C23H35NO8. The SMILES string of the molecule is CCOC(=O)[C@@H]1OC(C)(C)O[C@H]1c1cc(OC)c(OC)cc1CCNC(=O)OC(C)(C)C. The molecule has 1 fully saturated rings. The van der Waals surface area contributed by atoms with Gasteiger partial charge in [-0.15, -0.1) is 0 Å². The minimum absolute atomic E-state index is 0.227. The molecule has 1 saturated heterocycles. The summed E-state index contributed by atoms with van der Waals surface area (Å²) in [6.07, 6.45) is -1.74. The van der Waals surface area contributed by atoms with Crippen LogP contribution in [0.3, 0.4) is 0 Å². The lowest BCUT2D eigenvalue weighted by Gasteiger charge is -2.22. The zero-order chi connectivity index (χ0) is 24.1. The molecule has 2 atom stereocenters. The smallest absolute Gasteiger partial charge is 0.407 e. The second-order valence-electron chi connectivity index (χ2n) is 8.81. The van der Waals surface area contributed by atoms with Gasteiger partial charge < -0.3 is 33.7 Å². The maximum atomic E-state index is 12.6. The Morgan fingerprint density at radius 3 is 2.28 bits per heavy atom. The van der Waals surface area contributed by atoms with E-state index in [0.29, 0.717) is 30.0 Å². The van der Waals surface area contributed by atoms with Crippen LogP contribution in [0.1, 0.15) is 58.8 Å². The number of esters is 1. The molecule has 1 amide bonds. The van der Waals surface area contributed by atoms with Crippen molar-refractivity contribution in [3.8, 4) is 11.5 Å². The van der Waals surface area contributed by atoms with Gasteiger partial charge in [-0.3, -0.25) is 0 Å². The van der Waals surface area contributed by atoms with E-state index >= 15 is 0 Å². The minimum Gasteiger partial charge on any atom is -0.493 e. The van der Waals surface area contributed by atoms with Gasteiger partial charge in [0.25, 0.3) is 0 Å². The molecule has 0 radical (unpaired) electrons. The maximum absolute atomic E-state index is 12.6. The van der Waals surface area contributed by atoms with Gasteiger partial charge in [0.15, 0.2) is 23.4 Å². The number of amides is 1. The number of methoxy groups -OCH3 is 2. The normalized spacial score (nSPS) is 19.9. The van der Waals surface area contributed by atoms with E-state index in [1.54, 1.807) is 54.7 Å². The number of hydrogen-bond acceptors (Lipinski definition) is 8. The Morgan fingerprint density at radius 2 is 1.72 bits per heavy atom. The molecule has 1 heterocycles. The van der Waals surface area contributed by atoms with Gasteiger partial charge in [-0.25, -0.2) is 9.59 Å². The van der Waals surface area contributed by atoms with Crippen LogP contribution in [-0.4, -0.2) is 56.9 Å². The van der Waals surface area contributed by atoms with Crippen LogP contribution in [0.5, 0.6) is 11.5 Å². The summed E-state index contributed by atoms with van der Waals surface area (Å²) in [5.74, 6) is -0.478. The molecule has 1 aliphatic rings. The second-order valence-corrected chi connectivity index (χ2v) is 8.81. The lowest BCUT2D eigenvalue weighted by atomic mass is 9.95. The van der Waals surface area contributed by atoms with Gasteiger partial charge >= 0.3 is 12.1 Å². The topological polar surface area (TPSA) is 102 Å². The highest BCUT2D eigenvalue weighted by atomic mass is 16.8. The molecule has 0 unspecified atom stereocenters. The number of ether oxygens (including phenoxy) is 6. The third-order valence-electron chi connectivity index (χ3n) is 4.63. The first-order chi connectivity index (χ1) is 14.9. The zero-order valence-corrected chi connectivity index (χ0v) is 20.2. The average Bonchev–Trinajstić information content (AvgIpc) is 3.01. The van der Waals surface area contributed by atoms with Crippen molar-refractivity contribution in [3.05, 3.63) is 23.3 Å². The third-order valence-corrected chi connectivity index (χ3v) is 4.63. The number of nitrogens with one attached hydrogen (secondary N) is 1. The van der Waals surface area contributed by atoms with Crippen molar-refractivity contribution < 1.29 is 38.0 Å². The number of rotatable bonds is 8. The molecule has 2 rings (SSSR count). The van der Waals surface area contributed by atoms with Gasteiger partial charge in [-0.2, -0.15) is 0 Å². The average molecular weight is 454 g/mol. The van der Waals surface area contributed by atoms with E-state index < -0.39 is 35.7 Å². The van der Waals surface area contributed by atoms with Crippen molar-refractivity contribution in [2.75, 3.05) is 27.4 Å². The molecule has 9 heteroatoms. The van der Waals surface area contributed by atoms with Gasteiger partial charge in [0.2, 0.25) is 0 Å². The number of benzene rings is 1. The number of carbonyl (C=O) groups is 2. The highest BCUT2D eigenvalue weighted by Crippen LogP contribution is 2.43. The highest BCUT2D eigenvalue weighted by Gasteiger charge is 2.47. The third kappa shape index (κ3) is 6.74. The fourth-order valence-electron chi connectivity index (χ4n) is 3.42. The Labute approximate surface area is 189 Å². The van der Waals surface area contributed by atoms with Crippen LogP contribution >= 0.6 is 0 Å². The van der Waals surface area contributed by atoms with Gasteiger partial charge in [0, 0.05) is 6.54 Å². The van der Waals surface area contributed by atoms with Crippen molar-refractivity contribution in [3.63, 3.8) is 0 Å². The molecule has 0 aromatic heterocycles. The molecule has 1 aliphatic heterocycles. The Hall–Kier alpha value is -2.52. The molecule has 0 aliphatic carbocycles. The first-order valence-corrected chi connectivity index (χ1v) is 10.6. The Bertz CT molecular complexity index is 815. The Kier molecular flexibility index (Phi) is 8.36. The summed E-state index contributed by atoms with van der Waals surface area (Å²) in [6.45, 7) is 11.1. The van der Waals surface area contributed by atoms with Crippen LogP contribution in [-0.2, 0) is 30.2 Å². The van der Waals surface area contributed by atoms with E-state index in [1.807, 2.05) is 6.07 Å².